The number of hydrogen-bond acceptors (Lipinski definition) is 5. The average molecular weight is 355 g/mol. The molecule has 3 rings (SSSR count). The van der Waals surface area contributed by atoms with Crippen LogP contribution < -0.4 is 14.2 Å². The number of thioether (sulfide) groups is 1. The van der Waals surface area contributed by atoms with Gasteiger partial charge in [-0.3, -0.25) is 4.79 Å². The summed E-state index contributed by atoms with van der Waals surface area (Å²) in [5, 5.41) is 0.691. The number of aliphatic imine (C=N–C) groups is 1. The van der Waals surface area contributed by atoms with Crippen LogP contribution in [0.15, 0.2) is 52.4 Å². The van der Waals surface area contributed by atoms with Crippen LogP contribution in [0.3, 0.4) is 0 Å². The fourth-order valence-electron chi connectivity index (χ4n) is 2.49. The molecular weight excluding hydrogens is 338 g/mol. The number of hydrogen-bond donors (Lipinski definition) is 0. The Hall–Kier alpha value is -2.73. The van der Waals surface area contributed by atoms with Crippen molar-refractivity contribution >= 4 is 28.8 Å². The van der Waals surface area contributed by atoms with Gasteiger partial charge in [0.1, 0.15) is 5.04 Å². The van der Waals surface area contributed by atoms with Gasteiger partial charge < -0.3 is 14.2 Å². The summed E-state index contributed by atoms with van der Waals surface area (Å²) in [4.78, 5) is 16.9. The zero-order valence-electron chi connectivity index (χ0n) is 14.1. The third-order valence-electron chi connectivity index (χ3n) is 3.66. The number of ether oxygens (including phenoxy) is 3. The monoisotopic (exact) mass is 355 g/mol. The van der Waals surface area contributed by atoms with E-state index in [0.29, 0.717) is 27.2 Å². The summed E-state index contributed by atoms with van der Waals surface area (Å²) in [6.07, 6.45) is 1.76. The van der Waals surface area contributed by atoms with Gasteiger partial charge in [-0.15, -0.1) is 0 Å². The van der Waals surface area contributed by atoms with Gasteiger partial charge in [-0.1, -0.05) is 42.1 Å². The number of carbonyl (C=O) groups is 1. The number of nitrogens with zero attached hydrogens (tertiary/aromatic N) is 1. The number of amides is 1. The predicted octanol–water partition coefficient (Wildman–Crippen LogP) is 3.77. The van der Waals surface area contributed by atoms with Crippen LogP contribution >= 0.6 is 11.8 Å². The summed E-state index contributed by atoms with van der Waals surface area (Å²) in [6.45, 7) is 0. The van der Waals surface area contributed by atoms with Crippen molar-refractivity contribution in [2.75, 3.05) is 21.3 Å². The molecule has 0 N–H and O–H groups in total. The fourth-order valence-corrected chi connectivity index (χ4v) is 3.40. The van der Waals surface area contributed by atoms with Crippen molar-refractivity contribution in [2.45, 2.75) is 0 Å². The molecule has 0 aliphatic carbocycles. The zero-order valence-corrected chi connectivity index (χ0v) is 14.9. The molecule has 1 aliphatic rings. The van der Waals surface area contributed by atoms with Crippen LogP contribution in [0, 0.1) is 0 Å². The molecule has 0 unspecified atom stereocenters. The number of carbonyl (C=O) groups excluding carboxylic acids is 1. The Bertz CT molecular complexity index is 859. The van der Waals surface area contributed by atoms with Gasteiger partial charge in [-0.2, -0.15) is 0 Å². The molecule has 25 heavy (non-hydrogen) atoms. The molecule has 6 heteroatoms. The second-order valence-corrected chi connectivity index (χ2v) is 6.15. The van der Waals surface area contributed by atoms with E-state index in [1.54, 1.807) is 33.5 Å². The number of methoxy groups -OCH3 is 3. The summed E-state index contributed by atoms with van der Waals surface area (Å²) in [5.41, 5.74) is 1.64. The van der Waals surface area contributed by atoms with Gasteiger partial charge >= 0.3 is 0 Å². The van der Waals surface area contributed by atoms with Gasteiger partial charge in [0, 0.05) is 11.1 Å². The standard InChI is InChI=1S/C19H17NO4S/c1-22-14-10-9-13(16(23-2)17(14)24-3)11-15-18(21)20-19(25-15)12-7-5-4-6-8-12/h4-11H,1-3H3. The lowest BCUT2D eigenvalue weighted by atomic mass is 10.1. The molecule has 5 nitrogen and oxygen atoms in total. The van der Waals surface area contributed by atoms with E-state index < -0.39 is 0 Å². The third kappa shape index (κ3) is 3.39. The molecule has 0 spiro atoms. The van der Waals surface area contributed by atoms with E-state index in [1.165, 1.54) is 11.8 Å². The van der Waals surface area contributed by atoms with E-state index in [1.807, 2.05) is 36.4 Å². The maximum Gasteiger partial charge on any atom is 0.284 e. The third-order valence-corrected chi connectivity index (χ3v) is 4.70. The van der Waals surface area contributed by atoms with Crippen LogP contribution in [0.4, 0.5) is 0 Å². The summed E-state index contributed by atoms with van der Waals surface area (Å²) in [6, 6.07) is 13.2. The molecule has 2 aromatic rings. The first kappa shape index (κ1) is 17.1. The molecule has 0 bridgehead atoms. The maximum atomic E-state index is 12.3. The highest BCUT2D eigenvalue weighted by Gasteiger charge is 2.24. The Balaban J connectivity index is 1.96. The second kappa shape index (κ2) is 7.44. The highest BCUT2D eigenvalue weighted by Crippen LogP contribution is 2.42. The molecule has 0 atom stereocenters. The smallest absolute Gasteiger partial charge is 0.284 e. The Kier molecular flexibility index (Phi) is 5.09. The fraction of sp³-hybridized carbons (Fsp3) is 0.158. The van der Waals surface area contributed by atoms with Crippen LogP contribution in [0.5, 0.6) is 17.2 Å². The Labute approximate surface area is 150 Å². The lowest BCUT2D eigenvalue weighted by Gasteiger charge is -2.14. The summed E-state index contributed by atoms with van der Waals surface area (Å²) < 4.78 is 16.1. The molecule has 0 saturated heterocycles. The Morgan fingerprint density at radius 3 is 2.28 bits per heavy atom. The van der Waals surface area contributed by atoms with Crippen LogP contribution in [-0.2, 0) is 4.79 Å². The largest absolute Gasteiger partial charge is 0.493 e. The van der Waals surface area contributed by atoms with Crippen molar-refractivity contribution < 1.29 is 19.0 Å². The van der Waals surface area contributed by atoms with Gasteiger partial charge in [0.15, 0.2) is 11.5 Å². The van der Waals surface area contributed by atoms with Crippen molar-refractivity contribution in [3.63, 3.8) is 0 Å². The van der Waals surface area contributed by atoms with Crippen molar-refractivity contribution in [2.24, 2.45) is 4.99 Å². The predicted molar refractivity (Wildman–Crippen MR) is 99.7 cm³/mol. The highest BCUT2D eigenvalue weighted by atomic mass is 32.2. The van der Waals surface area contributed by atoms with Crippen LogP contribution in [0.1, 0.15) is 11.1 Å². The van der Waals surface area contributed by atoms with Crippen LogP contribution in [0.25, 0.3) is 6.08 Å². The number of rotatable bonds is 5. The quantitative estimate of drug-likeness (QED) is 0.764. The van der Waals surface area contributed by atoms with Gasteiger partial charge in [-0.25, -0.2) is 4.99 Å². The van der Waals surface area contributed by atoms with E-state index in [4.69, 9.17) is 14.2 Å². The maximum absolute atomic E-state index is 12.3. The first-order valence-corrected chi connectivity index (χ1v) is 8.36. The molecular formula is C19H17NO4S. The van der Waals surface area contributed by atoms with Crippen molar-refractivity contribution in [1.29, 1.82) is 0 Å². The Morgan fingerprint density at radius 1 is 0.920 bits per heavy atom. The van der Waals surface area contributed by atoms with Gasteiger partial charge in [0.25, 0.3) is 5.91 Å². The molecule has 128 valence electrons. The second-order valence-electron chi connectivity index (χ2n) is 5.12. The summed E-state index contributed by atoms with van der Waals surface area (Å²) >= 11 is 1.34. The summed E-state index contributed by atoms with van der Waals surface area (Å²) in [5.74, 6) is 1.30. The molecule has 1 heterocycles. The minimum Gasteiger partial charge on any atom is -0.493 e. The minimum absolute atomic E-state index is 0.263. The lowest BCUT2D eigenvalue weighted by molar-refractivity contribution is -0.113. The van der Waals surface area contributed by atoms with Gasteiger partial charge in [0.05, 0.1) is 26.2 Å². The van der Waals surface area contributed by atoms with Crippen LogP contribution in [0.2, 0.25) is 0 Å². The van der Waals surface area contributed by atoms with Crippen molar-refractivity contribution in [3.05, 3.63) is 58.5 Å². The average Bonchev–Trinajstić information content (AvgIpc) is 3.02. The van der Waals surface area contributed by atoms with E-state index in [-0.39, 0.29) is 5.91 Å². The first-order valence-electron chi connectivity index (χ1n) is 7.55. The van der Waals surface area contributed by atoms with E-state index >= 15 is 0 Å². The van der Waals surface area contributed by atoms with E-state index in [0.717, 1.165) is 11.1 Å². The zero-order chi connectivity index (χ0) is 17.8. The van der Waals surface area contributed by atoms with E-state index in [2.05, 4.69) is 4.99 Å². The normalized spacial score (nSPS) is 15.2. The highest BCUT2D eigenvalue weighted by molar-refractivity contribution is 8.19. The number of benzene rings is 2. The molecule has 0 fully saturated rings. The van der Waals surface area contributed by atoms with Gasteiger partial charge in [0.2, 0.25) is 5.75 Å². The van der Waals surface area contributed by atoms with Crippen LogP contribution in [-0.4, -0.2) is 32.3 Å². The molecule has 0 aromatic heterocycles. The lowest BCUT2D eigenvalue weighted by Crippen LogP contribution is -1.97. The SMILES string of the molecule is COc1ccc(C=C2SC(c3ccccc3)=NC2=O)c(OC)c1OC. The molecule has 0 saturated carbocycles. The molecule has 0 radical (unpaired) electrons. The Morgan fingerprint density at radius 2 is 1.64 bits per heavy atom. The molecule has 1 amide bonds. The van der Waals surface area contributed by atoms with E-state index in [9.17, 15) is 4.79 Å². The van der Waals surface area contributed by atoms with Crippen molar-refractivity contribution in [3.8, 4) is 17.2 Å². The van der Waals surface area contributed by atoms with Crippen molar-refractivity contribution in [1.82, 2.24) is 0 Å². The topological polar surface area (TPSA) is 57.1 Å². The molecule has 1 aliphatic heterocycles. The minimum atomic E-state index is -0.263. The molecule has 2 aromatic carbocycles. The summed E-state index contributed by atoms with van der Waals surface area (Å²) in [7, 11) is 4.66. The first-order chi connectivity index (χ1) is 12.2. The van der Waals surface area contributed by atoms with Gasteiger partial charge in [-0.05, 0) is 18.2 Å².